The molecule has 3 rings (SSSR count). The van der Waals surface area contributed by atoms with Crippen molar-refractivity contribution in [3.63, 3.8) is 0 Å². The Morgan fingerprint density at radius 3 is 2.14 bits per heavy atom. The summed E-state index contributed by atoms with van der Waals surface area (Å²) >= 11 is 0. The van der Waals surface area contributed by atoms with Gasteiger partial charge in [0.2, 0.25) is 10.0 Å². The number of rotatable bonds is 6. The molecule has 0 unspecified atom stereocenters. The first-order valence-electron chi connectivity index (χ1n) is 8.45. The summed E-state index contributed by atoms with van der Waals surface area (Å²) in [4.78, 5) is 12.7. The number of sulfonamides is 1. The van der Waals surface area contributed by atoms with Crippen LogP contribution in [0.4, 0.5) is 0 Å². The van der Waals surface area contributed by atoms with E-state index in [1.165, 1.54) is 38.1 Å². The quantitative estimate of drug-likeness (QED) is 0.669. The molecule has 28 heavy (non-hydrogen) atoms. The minimum atomic E-state index is -3.49. The van der Waals surface area contributed by atoms with Crippen LogP contribution in [0.15, 0.2) is 46.1 Å². The van der Waals surface area contributed by atoms with Crippen molar-refractivity contribution >= 4 is 20.8 Å². The van der Waals surface area contributed by atoms with Crippen LogP contribution in [-0.4, -0.2) is 39.5 Å². The normalized spacial score (nSPS) is 11.6. The number of hydrogen-bond acceptors (Lipinski definition) is 6. The highest BCUT2D eigenvalue weighted by Gasteiger charge is 2.16. The summed E-state index contributed by atoms with van der Waals surface area (Å²) in [5.74, 6) is 0.965. The monoisotopic (exact) mass is 403 g/mol. The molecular formula is C19H21N3O5S. The Morgan fingerprint density at radius 2 is 1.61 bits per heavy atom. The first-order chi connectivity index (χ1) is 13.3. The van der Waals surface area contributed by atoms with Gasteiger partial charge in [-0.3, -0.25) is 4.79 Å². The molecule has 1 aromatic heterocycles. The van der Waals surface area contributed by atoms with Crippen LogP contribution in [0.1, 0.15) is 11.3 Å². The van der Waals surface area contributed by atoms with Gasteiger partial charge in [-0.25, -0.2) is 17.8 Å². The highest BCUT2D eigenvalue weighted by Crippen LogP contribution is 2.32. The van der Waals surface area contributed by atoms with Crippen LogP contribution in [0.3, 0.4) is 0 Å². The Kier molecular flexibility index (Phi) is 5.39. The molecule has 0 saturated carbocycles. The predicted molar refractivity (Wildman–Crippen MR) is 106 cm³/mol. The molecule has 0 aliphatic heterocycles. The zero-order valence-corrected chi connectivity index (χ0v) is 16.8. The molecule has 8 nitrogen and oxygen atoms in total. The lowest BCUT2D eigenvalue weighted by atomic mass is 10.0. The van der Waals surface area contributed by atoms with E-state index in [2.05, 4.69) is 9.82 Å². The van der Waals surface area contributed by atoms with E-state index in [0.717, 1.165) is 5.56 Å². The second kappa shape index (κ2) is 7.61. The second-order valence-electron chi connectivity index (χ2n) is 6.16. The number of aromatic nitrogens is 2. The van der Waals surface area contributed by atoms with E-state index in [1.54, 1.807) is 31.3 Å². The molecule has 0 radical (unpaired) electrons. The minimum absolute atomic E-state index is 0.184. The molecular weight excluding hydrogens is 382 g/mol. The lowest BCUT2D eigenvalue weighted by Crippen LogP contribution is -2.21. The van der Waals surface area contributed by atoms with Crippen molar-refractivity contribution in [2.75, 3.05) is 21.3 Å². The maximum Gasteiger partial charge on any atom is 0.274 e. The number of benzene rings is 2. The van der Waals surface area contributed by atoms with E-state index in [1.807, 2.05) is 0 Å². The van der Waals surface area contributed by atoms with Gasteiger partial charge >= 0.3 is 0 Å². The van der Waals surface area contributed by atoms with Crippen molar-refractivity contribution in [3.05, 3.63) is 58.0 Å². The van der Waals surface area contributed by atoms with Gasteiger partial charge in [0.25, 0.3) is 5.56 Å². The van der Waals surface area contributed by atoms with E-state index >= 15 is 0 Å². The Morgan fingerprint density at radius 1 is 1.04 bits per heavy atom. The van der Waals surface area contributed by atoms with Crippen molar-refractivity contribution in [2.45, 2.75) is 11.3 Å². The van der Waals surface area contributed by atoms with Crippen molar-refractivity contribution in [3.8, 4) is 11.5 Å². The van der Waals surface area contributed by atoms with E-state index in [9.17, 15) is 13.2 Å². The van der Waals surface area contributed by atoms with E-state index in [-0.39, 0.29) is 10.5 Å². The lowest BCUT2D eigenvalue weighted by molar-refractivity contribution is 0.355. The number of aryl methyl sites for hydroxylation is 1. The number of nitrogens with zero attached hydrogens (tertiary/aromatic N) is 2. The van der Waals surface area contributed by atoms with Crippen LogP contribution in [0, 0.1) is 0 Å². The van der Waals surface area contributed by atoms with Crippen LogP contribution >= 0.6 is 0 Å². The summed E-state index contributed by atoms with van der Waals surface area (Å²) in [6.45, 7) is 0. The minimum Gasteiger partial charge on any atom is -0.493 e. The van der Waals surface area contributed by atoms with E-state index < -0.39 is 10.0 Å². The largest absolute Gasteiger partial charge is 0.493 e. The number of ether oxygens (including phenoxy) is 2. The number of nitrogens with one attached hydrogen (secondary N) is 1. The molecule has 3 aromatic rings. The molecule has 0 aliphatic rings. The zero-order chi connectivity index (χ0) is 20.5. The van der Waals surface area contributed by atoms with Gasteiger partial charge in [0.1, 0.15) is 0 Å². The van der Waals surface area contributed by atoms with E-state index in [4.69, 9.17) is 9.47 Å². The fourth-order valence-corrected chi connectivity index (χ4v) is 3.71. The maximum atomic E-state index is 12.5. The molecule has 0 fully saturated rings. The zero-order valence-electron chi connectivity index (χ0n) is 16.0. The van der Waals surface area contributed by atoms with Crippen molar-refractivity contribution in [2.24, 2.45) is 7.05 Å². The summed E-state index contributed by atoms with van der Waals surface area (Å²) < 4.78 is 38.0. The molecule has 1 N–H and O–H groups in total. The summed E-state index contributed by atoms with van der Waals surface area (Å²) in [6.07, 6.45) is 0.417. The standard InChI is InChI=1S/C19H21N3O5S/c1-20-28(24,25)13-7-5-12(6-8-13)9-16-14-10-17(26-3)18(27-4)11-15(14)19(23)22(2)21-16/h5-8,10-11,20H,9H2,1-4H3. The summed E-state index contributed by atoms with van der Waals surface area (Å²) in [6, 6.07) is 9.90. The van der Waals surface area contributed by atoms with Gasteiger partial charge in [-0.1, -0.05) is 12.1 Å². The summed E-state index contributed by atoms with van der Waals surface area (Å²) in [5.41, 5.74) is 1.29. The smallest absolute Gasteiger partial charge is 0.274 e. The third-order valence-corrected chi connectivity index (χ3v) is 5.93. The molecule has 2 aromatic carbocycles. The molecule has 0 aliphatic carbocycles. The van der Waals surface area contributed by atoms with Crippen LogP contribution < -0.4 is 19.8 Å². The Labute approximate surface area is 162 Å². The third-order valence-electron chi connectivity index (χ3n) is 4.50. The molecule has 9 heteroatoms. The second-order valence-corrected chi connectivity index (χ2v) is 8.04. The molecule has 0 spiro atoms. The molecule has 1 heterocycles. The van der Waals surface area contributed by atoms with Crippen LogP contribution in [0.2, 0.25) is 0 Å². The average Bonchev–Trinajstić information content (AvgIpc) is 2.71. The highest BCUT2D eigenvalue weighted by molar-refractivity contribution is 7.89. The Balaban J connectivity index is 2.10. The Bertz CT molecular complexity index is 1180. The maximum absolute atomic E-state index is 12.5. The van der Waals surface area contributed by atoms with Crippen molar-refractivity contribution in [1.29, 1.82) is 0 Å². The first kappa shape index (κ1) is 19.8. The summed E-state index contributed by atoms with van der Waals surface area (Å²) in [5, 5.41) is 5.52. The lowest BCUT2D eigenvalue weighted by Gasteiger charge is -2.13. The predicted octanol–water partition coefficient (Wildman–Crippen LogP) is 1.45. The van der Waals surface area contributed by atoms with E-state index in [0.29, 0.717) is 34.4 Å². The van der Waals surface area contributed by atoms with Gasteiger partial charge in [-0.2, -0.15) is 5.10 Å². The van der Waals surface area contributed by atoms with Gasteiger partial charge < -0.3 is 9.47 Å². The highest BCUT2D eigenvalue weighted by atomic mass is 32.2. The molecule has 0 saturated heterocycles. The van der Waals surface area contributed by atoms with Crippen LogP contribution in [0.5, 0.6) is 11.5 Å². The van der Waals surface area contributed by atoms with Crippen molar-refractivity contribution in [1.82, 2.24) is 14.5 Å². The van der Waals surface area contributed by atoms with Crippen LogP contribution in [-0.2, 0) is 23.5 Å². The van der Waals surface area contributed by atoms with Gasteiger partial charge in [0, 0.05) is 18.9 Å². The number of methoxy groups -OCH3 is 2. The first-order valence-corrected chi connectivity index (χ1v) is 9.93. The molecule has 0 amide bonds. The third kappa shape index (κ3) is 3.58. The fraction of sp³-hybridized carbons (Fsp3) is 0.263. The van der Waals surface area contributed by atoms with Gasteiger partial charge in [0.15, 0.2) is 11.5 Å². The number of fused-ring (bicyclic) bond motifs is 1. The summed E-state index contributed by atoms with van der Waals surface area (Å²) in [7, 11) is 2.50. The molecule has 148 valence electrons. The SMILES string of the molecule is CNS(=O)(=O)c1ccc(Cc2nn(C)c(=O)c3cc(OC)c(OC)cc23)cc1. The molecule has 0 bridgehead atoms. The molecule has 0 atom stereocenters. The topological polar surface area (TPSA) is 99.5 Å². The Hall–Kier alpha value is -2.91. The van der Waals surface area contributed by atoms with Gasteiger partial charge in [-0.15, -0.1) is 0 Å². The van der Waals surface area contributed by atoms with Crippen molar-refractivity contribution < 1.29 is 17.9 Å². The van der Waals surface area contributed by atoms with Gasteiger partial charge in [-0.05, 0) is 36.9 Å². The van der Waals surface area contributed by atoms with Gasteiger partial charge in [0.05, 0.1) is 30.2 Å². The number of hydrogen-bond donors (Lipinski definition) is 1. The average molecular weight is 403 g/mol. The fourth-order valence-electron chi connectivity index (χ4n) is 2.98. The van der Waals surface area contributed by atoms with Crippen LogP contribution in [0.25, 0.3) is 10.8 Å².